The van der Waals surface area contributed by atoms with Crippen LogP contribution >= 0.6 is 0 Å². The van der Waals surface area contributed by atoms with Gasteiger partial charge in [0.2, 0.25) is 0 Å². The predicted octanol–water partition coefficient (Wildman–Crippen LogP) is 2.83. The predicted molar refractivity (Wildman–Crippen MR) is 83.0 cm³/mol. The van der Waals surface area contributed by atoms with Crippen molar-refractivity contribution in [2.24, 2.45) is 28.6 Å². The van der Waals surface area contributed by atoms with Crippen molar-refractivity contribution in [3.05, 3.63) is 23.8 Å². The van der Waals surface area contributed by atoms with E-state index in [9.17, 15) is 14.7 Å². The van der Waals surface area contributed by atoms with Gasteiger partial charge >= 0.3 is 0 Å². The molecule has 0 aliphatic heterocycles. The van der Waals surface area contributed by atoms with E-state index >= 15 is 0 Å². The molecule has 0 aromatic heterocycles. The van der Waals surface area contributed by atoms with Gasteiger partial charge in [-0.1, -0.05) is 37.6 Å². The molecule has 0 aromatic carbocycles. The molecule has 3 fully saturated rings. The lowest BCUT2D eigenvalue weighted by Gasteiger charge is -2.54. The van der Waals surface area contributed by atoms with Crippen LogP contribution in [0.1, 0.15) is 46.0 Å². The van der Waals surface area contributed by atoms with E-state index in [1.165, 1.54) is 5.57 Å². The highest BCUT2D eigenvalue weighted by atomic mass is 16.3. The van der Waals surface area contributed by atoms with Crippen molar-refractivity contribution < 1.29 is 14.7 Å². The fraction of sp³-hybridized carbons (Fsp3) is 0.684. The second kappa shape index (κ2) is 4.41. The van der Waals surface area contributed by atoms with Crippen molar-refractivity contribution >= 4 is 11.6 Å². The maximum atomic E-state index is 13.0. The Morgan fingerprint density at radius 3 is 2.73 bits per heavy atom. The number of aliphatic hydroxyl groups excluding tert-OH is 1. The number of ketones is 2. The van der Waals surface area contributed by atoms with Gasteiger partial charge in [-0.2, -0.15) is 0 Å². The first-order valence-electron chi connectivity index (χ1n) is 8.51. The van der Waals surface area contributed by atoms with E-state index in [1.807, 2.05) is 19.1 Å². The van der Waals surface area contributed by atoms with Gasteiger partial charge in [0.1, 0.15) is 11.6 Å². The molecule has 3 saturated carbocycles. The summed E-state index contributed by atoms with van der Waals surface area (Å²) in [5.41, 5.74) is 0.546. The number of hydrogen-bond acceptors (Lipinski definition) is 3. The van der Waals surface area contributed by atoms with Gasteiger partial charge in [-0.3, -0.25) is 9.59 Å². The van der Waals surface area contributed by atoms with E-state index < -0.39 is 11.5 Å². The number of allylic oxidation sites excluding steroid dienone is 2. The molecule has 4 aliphatic rings. The average molecular weight is 300 g/mol. The normalized spacial score (nSPS) is 50.2. The van der Waals surface area contributed by atoms with Crippen molar-refractivity contribution in [2.75, 3.05) is 0 Å². The molecule has 0 heterocycles. The zero-order valence-electron chi connectivity index (χ0n) is 13.3. The van der Waals surface area contributed by atoms with Gasteiger partial charge in [-0.15, -0.1) is 0 Å². The van der Waals surface area contributed by atoms with Crippen LogP contribution in [0, 0.1) is 28.6 Å². The maximum absolute atomic E-state index is 13.0. The molecule has 0 radical (unpaired) electrons. The first-order valence-corrected chi connectivity index (χ1v) is 8.51. The van der Waals surface area contributed by atoms with E-state index in [0.29, 0.717) is 30.5 Å². The summed E-state index contributed by atoms with van der Waals surface area (Å²) in [7, 11) is 0. The van der Waals surface area contributed by atoms with Crippen LogP contribution in [0.25, 0.3) is 0 Å². The van der Waals surface area contributed by atoms with Gasteiger partial charge in [0.25, 0.3) is 0 Å². The van der Waals surface area contributed by atoms with Crippen molar-refractivity contribution in [3.63, 3.8) is 0 Å². The molecular weight excluding hydrogens is 276 g/mol. The van der Waals surface area contributed by atoms with Gasteiger partial charge in [-0.25, -0.2) is 0 Å². The highest BCUT2D eigenvalue weighted by Crippen LogP contribution is 2.62. The lowest BCUT2D eigenvalue weighted by molar-refractivity contribution is -0.147. The quantitative estimate of drug-likeness (QED) is 0.700. The summed E-state index contributed by atoms with van der Waals surface area (Å²) in [4.78, 5) is 25.3. The minimum atomic E-state index is -0.517. The Labute approximate surface area is 131 Å². The van der Waals surface area contributed by atoms with Crippen LogP contribution < -0.4 is 0 Å². The smallest absolute Gasteiger partial charge is 0.139 e. The summed E-state index contributed by atoms with van der Waals surface area (Å²) in [5.74, 6) is 1.22. The fourth-order valence-electron chi connectivity index (χ4n) is 5.93. The number of carbonyl (C=O) groups is 2. The minimum absolute atomic E-state index is 0.0137. The third kappa shape index (κ3) is 1.66. The molecule has 118 valence electrons. The van der Waals surface area contributed by atoms with Crippen LogP contribution in [0.4, 0.5) is 0 Å². The van der Waals surface area contributed by atoms with Crippen LogP contribution in [0.2, 0.25) is 0 Å². The zero-order valence-corrected chi connectivity index (χ0v) is 13.3. The van der Waals surface area contributed by atoms with E-state index in [-0.39, 0.29) is 17.1 Å². The number of hydrogen-bond donors (Lipinski definition) is 1. The molecule has 0 bridgehead atoms. The van der Waals surface area contributed by atoms with E-state index in [1.54, 1.807) is 0 Å². The summed E-state index contributed by atoms with van der Waals surface area (Å²) < 4.78 is 0. The molecule has 3 heteroatoms. The highest BCUT2D eigenvalue weighted by molar-refractivity contribution is 5.95. The third-order valence-electron chi connectivity index (χ3n) is 7.07. The summed E-state index contributed by atoms with van der Waals surface area (Å²) in [6.07, 6.45) is 9.20. The molecule has 4 rings (SSSR count). The average Bonchev–Trinajstić information content (AvgIpc) is 2.75. The Hall–Kier alpha value is -1.22. The molecule has 0 spiro atoms. The summed E-state index contributed by atoms with van der Waals surface area (Å²) in [6.45, 7) is 4.17. The highest BCUT2D eigenvalue weighted by Gasteiger charge is 2.61. The maximum Gasteiger partial charge on any atom is 0.139 e. The largest absolute Gasteiger partial charge is 0.385 e. The third-order valence-corrected chi connectivity index (χ3v) is 7.07. The Morgan fingerprint density at radius 1 is 1.18 bits per heavy atom. The molecular formula is C19H24O3. The topological polar surface area (TPSA) is 54.4 Å². The van der Waals surface area contributed by atoms with Crippen LogP contribution in [0.3, 0.4) is 0 Å². The van der Waals surface area contributed by atoms with Crippen molar-refractivity contribution in [3.8, 4) is 0 Å². The van der Waals surface area contributed by atoms with Gasteiger partial charge in [0.15, 0.2) is 0 Å². The molecule has 0 saturated heterocycles. The van der Waals surface area contributed by atoms with Crippen LogP contribution in [0.15, 0.2) is 23.8 Å². The van der Waals surface area contributed by atoms with Crippen molar-refractivity contribution in [1.82, 2.24) is 0 Å². The summed E-state index contributed by atoms with van der Waals surface area (Å²) in [5, 5.41) is 9.86. The molecule has 1 N–H and O–H groups in total. The van der Waals surface area contributed by atoms with Crippen molar-refractivity contribution in [2.45, 2.75) is 52.1 Å². The zero-order chi connectivity index (χ0) is 15.7. The van der Waals surface area contributed by atoms with E-state index in [4.69, 9.17) is 0 Å². The first-order chi connectivity index (χ1) is 10.4. The molecule has 4 aliphatic carbocycles. The number of aliphatic hydroxyl groups is 1. The van der Waals surface area contributed by atoms with E-state index in [0.717, 1.165) is 19.3 Å². The lowest BCUT2D eigenvalue weighted by Crippen LogP contribution is -2.54. The second-order valence-electron chi connectivity index (χ2n) is 8.13. The standard InChI is InChI=1S/C19H24O3/c1-18-8-7-12(20)9-11(18)3-4-13-14-5-6-16(22)19(14,2)10-15(21)17(13)18/h7-9,12-14,17,20H,3-6,10H2,1-2H3/t12?,13?,14-,17+,18?,19?/m0/s1. The van der Waals surface area contributed by atoms with Gasteiger partial charge in [0.05, 0.1) is 6.10 Å². The molecule has 0 amide bonds. The molecule has 4 unspecified atom stereocenters. The first kappa shape index (κ1) is 14.4. The lowest BCUT2D eigenvalue weighted by atomic mass is 9.48. The Bertz CT molecular complexity index is 616. The molecule has 3 nitrogen and oxygen atoms in total. The Morgan fingerprint density at radius 2 is 1.95 bits per heavy atom. The van der Waals surface area contributed by atoms with E-state index in [2.05, 4.69) is 13.0 Å². The number of carbonyl (C=O) groups excluding carboxylic acids is 2. The summed E-state index contributed by atoms with van der Waals surface area (Å²) >= 11 is 0. The monoisotopic (exact) mass is 300 g/mol. The number of rotatable bonds is 0. The summed E-state index contributed by atoms with van der Waals surface area (Å²) in [6, 6.07) is 0. The van der Waals surface area contributed by atoms with Crippen LogP contribution in [0.5, 0.6) is 0 Å². The van der Waals surface area contributed by atoms with Gasteiger partial charge < -0.3 is 5.11 Å². The molecule has 22 heavy (non-hydrogen) atoms. The Balaban J connectivity index is 1.77. The fourth-order valence-corrected chi connectivity index (χ4v) is 5.93. The number of fused-ring (bicyclic) bond motifs is 5. The second-order valence-corrected chi connectivity index (χ2v) is 8.13. The van der Waals surface area contributed by atoms with Crippen molar-refractivity contribution in [1.29, 1.82) is 0 Å². The Kier molecular flexibility index (Phi) is 2.88. The SMILES string of the molecule is CC12C=CC(O)C=C1CCC1[C@@H]2C(=O)CC2(C)C(=O)CC[C@@H]12. The van der Waals surface area contributed by atoms with Crippen LogP contribution in [-0.4, -0.2) is 22.8 Å². The number of Topliss-reactive ketones (excluding diaryl/α,β-unsaturated/α-hetero) is 2. The van der Waals surface area contributed by atoms with Gasteiger partial charge in [0, 0.05) is 29.6 Å². The molecule has 0 aromatic rings. The van der Waals surface area contributed by atoms with Gasteiger partial charge in [-0.05, 0) is 31.1 Å². The van der Waals surface area contributed by atoms with Crippen LogP contribution in [-0.2, 0) is 9.59 Å². The minimum Gasteiger partial charge on any atom is -0.385 e. The molecule has 6 atom stereocenters.